The van der Waals surface area contributed by atoms with Crippen LogP contribution in [0.2, 0.25) is 0 Å². The molecule has 4 aromatic rings. The molecule has 0 aliphatic heterocycles. The normalized spacial score (nSPS) is 14.3. The summed E-state index contributed by atoms with van der Waals surface area (Å²) in [6.07, 6.45) is 7.95. The fourth-order valence-electron chi connectivity index (χ4n) is 4.29. The van der Waals surface area contributed by atoms with E-state index in [0.717, 1.165) is 66.7 Å². The predicted octanol–water partition coefficient (Wildman–Crippen LogP) is 4.14. The van der Waals surface area contributed by atoms with Crippen LogP contribution in [0.15, 0.2) is 47.5 Å². The van der Waals surface area contributed by atoms with Crippen LogP contribution in [0, 0.1) is 0 Å². The van der Waals surface area contributed by atoms with Crippen molar-refractivity contribution in [3.63, 3.8) is 0 Å². The highest BCUT2D eigenvalue weighted by molar-refractivity contribution is 5.77. The first-order chi connectivity index (χ1) is 15.1. The Morgan fingerprint density at radius 3 is 2.71 bits per heavy atom. The molecule has 3 aromatic heterocycles. The van der Waals surface area contributed by atoms with E-state index in [1.807, 2.05) is 33.4 Å². The fraction of sp³-hybridized carbons (Fsp3) is 0.458. The maximum Gasteiger partial charge on any atom is 0.329 e. The number of benzene rings is 1. The number of fused-ring (bicyclic) bond motifs is 2. The molecule has 162 valence electrons. The molecular formula is C24H29N5O2. The molecule has 1 aliphatic carbocycles. The van der Waals surface area contributed by atoms with Gasteiger partial charge >= 0.3 is 5.69 Å². The lowest BCUT2D eigenvalue weighted by molar-refractivity contribution is 0.0754. The Balaban J connectivity index is 1.48. The Kier molecular flexibility index (Phi) is 5.36. The van der Waals surface area contributed by atoms with Crippen molar-refractivity contribution in [3.8, 4) is 0 Å². The number of unbranched alkanes of at least 4 members (excludes halogenated alkanes) is 1. The van der Waals surface area contributed by atoms with Gasteiger partial charge < -0.3 is 9.30 Å². The van der Waals surface area contributed by atoms with E-state index in [0.29, 0.717) is 12.6 Å². The van der Waals surface area contributed by atoms with Crippen molar-refractivity contribution in [2.45, 2.75) is 64.8 Å². The molecule has 0 saturated heterocycles. The Bertz CT molecular complexity index is 1260. The molecule has 0 N–H and O–H groups in total. The second kappa shape index (κ2) is 8.30. The molecule has 31 heavy (non-hydrogen) atoms. The third kappa shape index (κ3) is 3.90. The monoisotopic (exact) mass is 419 g/mol. The number of imidazole rings is 2. The number of para-hydroxylation sites is 2. The molecule has 0 bridgehead atoms. The van der Waals surface area contributed by atoms with E-state index in [1.165, 1.54) is 0 Å². The van der Waals surface area contributed by atoms with Crippen LogP contribution in [0.5, 0.6) is 0 Å². The van der Waals surface area contributed by atoms with Crippen molar-refractivity contribution in [1.29, 1.82) is 0 Å². The summed E-state index contributed by atoms with van der Waals surface area (Å²) in [5, 5.41) is 0. The zero-order valence-electron chi connectivity index (χ0n) is 18.2. The minimum Gasteiger partial charge on any atom is -0.379 e. The van der Waals surface area contributed by atoms with Gasteiger partial charge in [-0.05, 0) is 57.7 Å². The molecule has 5 rings (SSSR count). The standard InChI is InChI=1S/C24H29N5O2/c1-17(2)31-14-6-5-13-27-20-8-4-3-7-19(20)26-23(27)16-28-22-15-25-12-11-21(22)29(24(28)30)18-9-10-18/h3-4,7-8,11-12,15,17-18H,5-6,9-10,13-14,16H2,1-2H3. The quantitative estimate of drug-likeness (QED) is 0.383. The van der Waals surface area contributed by atoms with Gasteiger partial charge in [0, 0.05) is 25.4 Å². The molecule has 1 aromatic carbocycles. The molecule has 7 heteroatoms. The lowest BCUT2D eigenvalue weighted by atomic mass is 10.3. The average molecular weight is 420 g/mol. The molecule has 0 radical (unpaired) electrons. The minimum atomic E-state index is 0.0365. The van der Waals surface area contributed by atoms with Gasteiger partial charge in [0.15, 0.2) is 0 Å². The zero-order chi connectivity index (χ0) is 21.4. The van der Waals surface area contributed by atoms with Crippen LogP contribution in [0.3, 0.4) is 0 Å². The van der Waals surface area contributed by atoms with Crippen molar-refractivity contribution in [2.75, 3.05) is 6.61 Å². The first-order valence-electron chi connectivity index (χ1n) is 11.2. The number of aromatic nitrogens is 5. The van der Waals surface area contributed by atoms with E-state index in [1.54, 1.807) is 12.4 Å². The van der Waals surface area contributed by atoms with E-state index < -0.39 is 0 Å². The minimum absolute atomic E-state index is 0.0365. The molecule has 3 heterocycles. The molecule has 0 amide bonds. The van der Waals surface area contributed by atoms with Gasteiger partial charge in [-0.2, -0.15) is 0 Å². The molecule has 1 saturated carbocycles. The Morgan fingerprint density at radius 2 is 1.90 bits per heavy atom. The smallest absolute Gasteiger partial charge is 0.329 e. The molecule has 0 spiro atoms. The largest absolute Gasteiger partial charge is 0.379 e. The van der Waals surface area contributed by atoms with Crippen molar-refractivity contribution in [3.05, 3.63) is 59.0 Å². The highest BCUT2D eigenvalue weighted by Gasteiger charge is 2.29. The highest BCUT2D eigenvalue weighted by atomic mass is 16.5. The number of pyridine rings is 1. The lowest BCUT2D eigenvalue weighted by Crippen LogP contribution is -2.25. The van der Waals surface area contributed by atoms with E-state index in [9.17, 15) is 4.79 Å². The number of rotatable bonds is 9. The summed E-state index contributed by atoms with van der Waals surface area (Å²) >= 11 is 0. The van der Waals surface area contributed by atoms with Crippen molar-refractivity contribution in [2.24, 2.45) is 0 Å². The van der Waals surface area contributed by atoms with Gasteiger partial charge in [0.2, 0.25) is 0 Å². The molecule has 1 fully saturated rings. The van der Waals surface area contributed by atoms with Gasteiger partial charge in [-0.15, -0.1) is 0 Å². The number of nitrogens with zero attached hydrogens (tertiary/aromatic N) is 5. The van der Waals surface area contributed by atoms with Crippen LogP contribution in [0.1, 0.15) is 51.4 Å². The van der Waals surface area contributed by atoms with Gasteiger partial charge in [0.05, 0.1) is 40.9 Å². The highest BCUT2D eigenvalue weighted by Crippen LogP contribution is 2.36. The van der Waals surface area contributed by atoms with Crippen LogP contribution in [0.25, 0.3) is 22.1 Å². The molecule has 7 nitrogen and oxygen atoms in total. The maximum absolute atomic E-state index is 13.3. The van der Waals surface area contributed by atoms with Crippen LogP contribution in [0.4, 0.5) is 0 Å². The zero-order valence-corrected chi connectivity index (χ0v) is 18.2. The number of ether oxygens (including phenoxy) is 1. The van der Waals surface area contributed by atoms with Crippen molar-refractivity contribution < 1.29 is 4.74 Å². The Hall–Kier alpha value is -2.93. The van der Waals surface area contributed by atoms with E-state index in [-0.39, 0.29) is 11.8 Å². The van der Waals surface area contributed by atoms with Crippen LogP contribution in [-0.2, 0) is 17.8 Å². The van der Waals surface area contributed by atoms with E-state index >= 15 is 0 Å². The molecule has 0 atom stereocenters. The SMILES string of the molecule is CC(C)OCCCCn1c(Cn2c(=O)n(C3CC3)c3ccncc32)nc2ccccc21. The first kappa shape index (κ1) is 20.0. The van der Waals surface area contributed by atoms with Gasteiger partial charge in [-0.25, -0.2) is 9.78 Å². The summed E-state index contributed by atoms with van der Waals surface area (Å²) in [6, 6.07) is 10.5. The van der Waals surface area contributed by atoms with Crippen LogP contribution >= 0.6 is 0 Å². The van der Waals surface area contributed by atoms with Gasteiger partial charge in [0.25, 0.3) is 0 Å². The number of aryl methyl sites for hydroxylation is 1. The van der Waals surface area contributed by atoms with Gasteiger partial charge in [-0.1, -0.05) is 12.1 Å². The Labute approximate surface area is 181 Å². The van der Waals surface area contributed by atoms with Crippen molar-refractivity contribution >= 4 is 22.1 Å². The van der Waals surface area contributed by atoms with E-state index in [4.69, 9.17) is 9.72 Å². The fourth-order valence-corrected chi connectivity index (χ4v) is 4.29. The van der Waals surface area contributed by atoms with Gasteiger partial charge in [0.1, 0.15) is 5.82 Å². The van der Waals surface area contributed by atoms with E-state index in [2.05, 4.69) is 29.5 Å². The van der Waals surface area contributed by atoms with Crippen molar-refractivity contribution in [1.82, 2.24) is 23.7 Å². The third-order valence-corrected chi connectivity index (χ3v) is 5.94. The number of hydrogen-bond donors (Lipinski definition) is 0. The topological polar surface area (TPSA) is 66.9 Å². The first-order valence-corrected chi connectivity index (χ1v) is 11.2. The average Bonchev–Trinajstić information content (AvgIpc) is 3.48. The summed E-state index contributed by atoms with van der Waals surface area (Å²) in [5.41, 5.74) is 3.96. The van der Waals surface area contributed by atoms with Crippen LogP contribution < -0.4 is 5.69 Å². The Morgan fingerprint density at radius 1 is 1.06 bits per heavy atom. The maximum atomic E-state index is 13.3. The second-order valence-corrected chi connectivity index (χ2v) is 8.63. The summed E-state index contributed by atoms with van der Waals surface area (Å²) in [7, 11) is 0. The van der Waals surface area contributed by atoms with Gasteiger partial charge in [-0.3, -0.25) is 14.1 Å². The molecule has 0 unspecified atom stereocenters. The molecule has 1 aliphatic rings. The second-order valence-electron chi connectivity index (χ2n) is 8.63. The number of hydrogen-bond acceptors (Lipinski definition) is 4. The summed E-state index contributed by atoms with van der Waals surface area (Å²) in [5.74, 6) is 0.909. The summed E-state index contributed by atoms with van der Waals surface area (Å²) in [4.78, 5) is 22.5. The third-order valence-electron chi connectivity index (χ3n) is 5.94. The summed E-state index contributed by atoms with van der Waals surface area (Å²) < 4.78 is 11.7. The summed E-state index contributed by atoms with van der Waals surface area (Å²) in [6.45, 7) is 6.18. The molecular weight excluding hydrogens is 390 g/mol. The predicted molar refractivity (Wildman–Crippen MR) is 121 cm³/mol. The lowest BCUT2D eigenvalue weighted by Gasteiger charge is -2.11. The van der Waals surface area contributed by atoms with Crippen LogP contribution in [-0.4, -0.2) is 36.4 Å².